The lowest BCUT2D eigenvalue weighted by atomic mass is 10.1. The van der Waals surface area contributed by atoms with Crippen LogP contribution in [0.3, 0.4) is 0 Å². The Morgan fingerprint density at radius 2 is 1.82 bits per heavy atom. The van der Waals surface area contributed by atoms with E-state index in [1.165, 1.54) is 42.5 Å². The number of halogens is 5. The van der Waals surface area contributed by atoms with E-state index in [2.05, 4.69) is 15.4 Å². The van der Waals surface area contributed by atoms with Crippen LogP contribution in [0.15, 0.2) is 94.8 Å². The van der Waals surface area contributed by atoms with Crippen molar-refractivity contribution in [3.05, 3.63) is 127 Å². The van der Waals surface area contributed by atoms with E-state index < -0.39 is 52.0 Å². The molecule has 10 nitrogen and oxygen atoms in total. The van der Waals surface area contributed by atoms with Crippen LogP contribution in [0.25, 0.3) is 22.3 Å². The summed E-state index contributed by atoms with van der Waals surface area (Å²) in [6.07, 6.45) is -3.72. The number of aromatic nitrogens is 2. The van der Waals surface area contributed by atoms with Crippen molar-refractivity contribution < 1.29 is 32.0 Å². The summed E-state index contributed by atoms with van der Waals surface area (Å²) in [6, 6.07) is 17.4. The van der Waals surface area contributed by atoms with Crippen molar-refractivity contribution >= 4 is 46.0 Å². The minimum Gasteiger partial charge on any atom is -0.476 e. The lowest BCUT2D eigenvalue weighted by molar-refractivity contribution is -0.385. The molecule has 1 heterocycles. The smallest absolute Gasteiger partial charge is 0.416 e. The third-order valence-electron chi connectivity index (χ3n) is 6.23. The second-order valence-corrected chi connectivity index (χ2v) is 9.78. The van der Waals surface area contributed by atoms with Gasteiger partial charge in [-0.2, -0.15) is 22.9 Å². The molecular formula is C30H18ClF4N5O5. The summed E-state index contributed by atoms with van der Waals surface area (Å²) in [5, 5.41) is 18.3. The molecule has 4 aromatic carbocycles. The normalized spacial score (nSPS) is 11.6. The van der Waals surface area contributed by atoms with Crippen molar-refractivity contribution in [2.45, 2.75) is 6.18 Å². The number of benzene rings is 4. The second kappa shape index (κ2) is 12.5. The average Bonchev–Trinajstić information content (AvgIpc) is 2.99. The highest BCUT2D eigenvalue weighted by Gasteiger charge is 2.31. The number of nitrogens with zero attached hydrogens (tertiary/aromatic N) is 4. The first-order chi connectivity index (χ1) is 21.4. The standard InChI is InChI=1S/C30H18ClF4N5O5/c31-20-12-18(27(25(13-20)40(43)44)45-16-26(41)37-22-8-4-7-21(32)14-22)15-36-39-28(17-5-3-6-19(11-17)30(33,34)35)38-24-10-2-1-9-23(24)29(39)42/h1-15H,16H2,(H,37,41). The maximum atomic E-state index is 13.5. The van der Waals surface area contributed by atoms with E-state index >= 15 is 0 Å². The van der Waals surface area contributed by atoms with Gasteiger partial charge in [-0.25, -0.2) is 9.37 Å². The van der Waals surface area contributed by atoms with Gasteiger partial charge in [0.1, 0.15) is 5.82 Å². The first kappa shape index (κ1) is 30.8. The maximum absolute atomic E-state index is 13.5. The monoisotopic (exact) mass is 639 g/mol. The quantitative estimate of drug-likeness (QED) is 0.0873. The van der Waals surface area contributed by atoms with E-state index in [1.807, 2.05) is 0 Å². The molecule has 0 aliphatic heterocycles. The lowest BCUT2D eigenvalue weighted by Gasteiger charge is -2.13. The summed E-state index contributed by atoms with van der Waals surface area (Å²) in [7, 11) is 0. The number of hydrogen-bond acceptors (Lipinski definition) is 7. The number of amides is 1. The predicted molar refractivity (Wildman–Crippen MR) is 158 cm³/mol. The van der Waals surface area contributed by atoms with Crippen LogP contribution in [-0.2, 0) is 11.0 Å². The highest BCUT2D eigenvalue weighted by Crippen LogP contribution is 2.35. The molecule has 228 valence electrons. The Kier molecular flexibility index (Phi) is 8.59. The van der Waals surface area contributed by atoms with Crippen LogP contribution < -0.4 is 15.6 Å². The summed E-state index contributed by atoms with van der Waals surface area (Å²) in [4.78, 5) is 41.4. The molecule has 0 atom stereocenters. The number of anilines is 1. The minimum atomic E-state index is -4.69. The van der Waals surface area contributed by atoms with Gasteiger partial charge in [0.15, 0.2) is 12.4 Å². The van der Waals surface area contributed by atoms with Gasteiger partial charge >= 0.3 is 11.9 Å². The second-order valence-electron chi connectivity index (χ2n) is 9.34. The third-order valence-corrected chi connectivity index (χ3v) is 6.45. The number of nitrogens with one attached hydrogen (secondary N) is 1. The number of hydrogen-bond donors (Lipinski definition) is 1. The molecule has 1 aromatic heterocycles. The Morgan fingerprint density at radius 3 is 2.56 bits per heavy atom. The molecule has 0 saturated carbocycles. The molecule has 0 aliphatic carbocycles. The largest absolute Gasteiger partial charge is 0.476 e. The molecule has 0 aliphatic rings. The summed E-state index contributed by atoms with van der Waals surface area (Å²) in [5.41, 5.74) is -2.33. The van der Waals surface area contributed by atoms with Crippen molar-refractivity contribution in [1.82, 2.24) is 9.66 Å². The van der Waals surface area contributed by atoms with Gasteiger partial charge in [0.2, 0.25) is 5.75 Å². The van der Waals surface area contributed by atoms with Crippen LogP contribution in [0.2, 0.25) is 5.02 Å². The minimum absolute atomic E-state index is 0.0904. The van der Waals surface area contributed by atoms with Gasteiger partial charge in [-0.3, -0.25) is 19.7 Å². The molecule has 1 amide bonds. The Morgan fingerprint density at radius 1 is 1.07 bits per heavy atom. The number of carbonyl (C=O) groups is 1. The van der Waals surface area contributed by atoms with E-state index in [0.29, 0.717) is 0 Å². The fourth-order valence-electron chi connectivity index (χ4n) is 4.26. The van der Waals surface area contributed by atoms with Crippen LogP contribution in [0.4, 0.5) is 28.9 Å². The number of carbonyl (C=O) groups excluding carboxylic acids is 1. The molecule has 0 radical (unpaired) electrons. The summed E-state index contributed by atoms with van der Waals surface area (Å²) < 4.78 is 60.2. The molecule has 0 fully saturated rings. The third kappa shape index (κ3) is 6.96. The van der Waals surface area contributed by atoms with Crippen molar-refractivity contribution in [3.63, 3.8) is 0 Å². The Bertz CT molecular complexity index is 2050. The lowest BCUT2D eigenvalue weighted by Crippen LogP contribution is -2.21. The van der Waals surface area contributed by atoms with Gasteiger partial charge in [-0.05, 0) is 48.5 Å². The zero-order chi connectivity index (χ0) is 32.3. The van der Waals surface area contributed by atoms with E-state index in [0.717, 1.165) is 41.2 Å². The molecule has 1 N–H and O–H groups in total. The Labute approximate surface area is 255 Å². The summed E-state index contributed by atoms with van der Waals surface area (Å²) in [5.74, 6) is -2.10. The van der Waals surface area contributed by atoms with Crippen LogP contribution in [0.1, 0.15) is 11.1 Å². The van der Waals surface area contributed by atoms with Crippen LogP contribution >= 0.6 is 11.6 Å². The molecule has 0 bridgehead atoms. The van der Waals surface area contributed by atoms with Crippen LogP contribution in [-0.4, -0.2) is 33.3 Å². The number of ether oxygens (including phenoxy) is 1. The average molecular weight is 640 g/mol. The molecule has 5 rings (SSSR count). The first-order valence-corrected chi connectivity index (χ1v) is 13.2. The molecule has 15 heteroatoms. The van der Waals surface area contributed by atoms with Crippen molar-refractivity contribution in [2.75, 3.05) is 11.9 Å². The first-order valence-electron chi connectivity index (χ1n) is 12.8. The van der Waals surface area contributed by atoms with Crippen molar-refractivity contribution in [3.8, 4) is 17.1 Å². The van der Waals surface area contributed by atoms with Crippen LogP contribution in [0, 0.1) is 15.9 Å². The molecule has 0 unspecified atom stereocenters. The summed E-state index contributed by atoms with van der Waals surface area (Å²) >= 11 is 6.11. The molecule has 0 spiro atoms. The van der Waals surface area contributed by atoms with Crippen molar-refractivity contribution in [1.29, 1.82) is 0 Å². The topological polar surface area (TPSA) is 129 Å². The van der Waals surface area contributed by atoms with Gasteiger partial charge in [0.05, 0.1) is 27.6 Å². The molecular weight excluding hydrogens is 622 g/mol. The van der Waals surface area contributed by atoms with Gasteiger partial charge in [0, 0.05) is 27.9 Å². The number of nitro groups is 1. The molecule has 0 saturated heterocycles. The fourth-order valence-corrected chi connectivity index (χ4v) is 4.48. The highest BCUT2D eigenvalue weighted by atomic mass is 35.5. The van der Waals surface area contributed by atoms with Crippen molar-refractivity contribution in [2.24, 2.45) is 5.10 Å². The number of alkyl halides is 3. The zero-order valence-electron chi connectivity index (χ0n) is 22.6. The van der Waals surface area contributed by atoms with Crippen LogP contribution in [0.5, 0.6) is 5.75 Å². The summed E-state index contributed by atoms with van der Waals surface area (Å²) in [6.45, 7) is -0.757. The van der Waals surface area contributed by atoms with Gasteiger partial charge in [-0.1, -0.05) is 41.9 Å². The fraction of sp³-hybridized carbons (Fsp3) is 0.0667. The van der Waals surface area contributed by atoms with E-state index in [-0.39, 0.29) is 38.6 Å². The van der Waals surface area contributed by atoms with Gasteiger partial charge < -0.3 is 10.1 Å². The number of nitro benzene ring substituents is 1. The molecule has 45 heavy (non-hydrogen) atoms. The van der Waals surface area contributed by atoms with Gasteiger partial charge in [0.25, 0.3) is 11.5 Å². The number of para-hydroxylation sites is 1. The van der Waals surface area contributed by atoms with E-state index in [9.17, 15) is 37.3 Å². The molecule has 5 aromatic rings. The Balaban J connectivity index is 1.58. The van der Waals surface area contributed by atoms with Gasteiger partial charge in [-0.15, -0.1) is 0 Å². The van der Waals surface area contributed by atoms with E-state index in [1.54, 1.807) is 12.1 Å². The maximum Gasteiger partial charge on any atom is 0.416 e. The number of fused-ring (bicyclic) bond motifs is 1. The zero-order valence-corrected chi connectivity index (χ0v) is 23.3. The number of rotatable bonds is 8. The van der Waals surface area contributed by atoms with E-state index in [4.69, 9.17) is 16.3 Å². The Hall–Kier alpha value is -5.63. The highest BCUT2D eigenvalue weighted by molar-refractivity contribution is 6.31. The predicted octanol–water partition coefficient (Wildman–Crippen LogP) is 6.68. The SMILES string of the molecule is O=C(COc1c(C=Nn2c(-c3cccc(C(F)(F)F)c3)nc3ccccc3c2=O)cc(Cl)cc1[N+](=O)[O-])Nc1cccc(F)c1.